The van der Waals surface area contributed by atoms with Gasteiger partial charge in [-0.1, -0.05) is 20.8 Å². The highest BCUT2D eigenvalue weighted by Gasteiger charge is 2.34. The number of hydrogen-bond donors (Lipinski definition) is 1. The maximum absolute atomic E-state index is 12.6. The maximum atomic E-state index is 12.6. The van der Waals surface area contributed by atoms with E-state index in [0.717, 1.165) is 11.1 Å². The van der Waals surface area contributed by atoms with Gasteiger partial charge in [0.2, 0.25) is 5.82 Å². The molecule has 8 heteroatoms. The Balaban J connectivity index is 3.18. The van der Waals surface area contributed by atoms with Crippen LogP contribution in [0.5, 0.6) is 0 Å². The van der Waals surface area contributed by atoms with E-state index in [-0.39, 0.29) is 17.8 Å². The lowest BCUT2D eigenvalue weighted by atomic mass is 9.97. The Kier molecular flexibility index (Phi) is 4.00. The lowest BCUT2D eigenvalue weighted by Gasteiger charge is -2.27. The monoisotopic (exact) mass is 273 g/mol. The Morgan fingerprint density at radius 3 is 2.32 bits per heavy atom. The predicted octanol–water partition coefficient (Wildman–Crippen LogP) is 2.09. The van der Waals surface area contributed by atoms with E-state index in [9.17, 15) is 13.2 Å². The Labute approximate surface area is 108 Å². The average molecular weight is 273 g/mol. The van der Waals surface area contributed by atoms with Gasteiger partial charge in [0, 0.05) is 12.6 Å². The molecular weight excluding hydrogens is 259 g/mol. The fraction of sp³-hybridized carbons (Fsp3) is 0.545. The standard InChI is InChI=1S/C11H14F3N5/c1-10(2,3)6-19(16)9-4-7(11(12,13)14)17-8(5-15)18-9/h4H,6,16H2,1-3H3. The van der Waals surface area contributed by atoms with Crippen LogP contribution in [0.3, 0.4) is 0 Å². The number of rotatable bonds is 2. The highest BCUT2D eigenvalue weighted by atomic mass is 19.4. The van der Waals surface area contributed by atoms with Crippen LogP contribution >= 0.6 is 0 Å². The van der Waals surface area contributed by atoms with E-state index in [0.29, 0.717) is 0 Å². The molecule has 0 spiro atoms. The zero-order chi connectivity index (χ0) is 14.8. The third-order valence-electron chi connectivity index (χ3n) is 2.04. The average Bonchev–Trinajstić information content (AvgIpc) is 2.25. The number of anilines is 1. The number of halogens is 3. The van der Waals surface area contributed by atoms with Crippen LogP contribution in [0.2, 0.25) is 0 Å². The quantitative estimate of drug-likeness (QED) is 0.659. The molecule has 2 N–H and O–H groups in total. The molecule has 1 heterocycles. The molecule has 0 aliphatic heterocycles. The molecule has 0 saturated heterocycles. The Morgan fingerprint density at radius 2 is 1.89 bits per heavy atom. The van der Waals surface area contributed by atoms with Crippen LogP contribution in [0.1, 0.15) is 32.3 Å². The summed E-state index contributed by atoms with van der Waals surface area (Å²) in [5.74, 6) is 4.99. The van der Waals surface area contributed by atoms with E-state index in [4.69, 9.17) is 11.1 Å². The minimum atomic E-state index is -4.65. The summed E-state index contributed by atoms with van der Waals surface area (Å²) >= 11 is 0. The van der Waals surface area contributed by atoms with Crippen molar-refractivity contribution in [2.45, 2.75) is 26.9 Å². The summed E-state index contributed by atoms with van der Waals surface area (Å²) in [7, 11) is 0. The van der Waals surface area contributed by atoms with Gasteiger partial charge in [-0.05, 0) is 5.41 Å². The van der Waals surface area contributed by atoms with Crippen LogP contribution in [-0.2, 0) is 6.18 Å². The van der Waals surface area contributed by atoms with Gasteiger partial charge in [-0.25, -0.2) is 15.8 Å². The number of hydrazine groups is 1. The lowest BCUT2D eigenvalue weighted by molar-refractivity contribution is -0.141. The van der Waals surface area contributed by atoms with Gasteiger partial charge in [-0.3, -0.25) is 5.01 Å². The summed E-state index contributed by atoms with van der Waals surface area (Å²) in [4.78, 5) is 6.80. The molecule has 0 atom stereocenters. The van der Waals surface area contributed by atoms with Crippen molar-refractivity contribution >= 4 is 5.82 Å². The maximum Gasteiger partial charge on any atom is 0.433 e. The number of nitrogens with two attached hydrogens (primary N) is 1. The SMILES string of the molecule is CC(C)(C)CN(N)c1cc(C(F)(F)F)nc(C#N)n1. The highest BCUT2D eigenvalue weighted by Crippen LogP contribution is 2.29. The zero-order valence-electron chi connectivity index (χ0n) is 10.8. The molecule has 5 nitrogen and oxygen atoms in total. The first kappa shape index (κ1) is 15.2. The second-order valence-corrected chi connectivity index (χ2v) is 5.23. The van der Waals surface area contributed by atoms with Crippen LogP contribution in [-0.4, -0.2) is 16.5 Å². The summed E-state index contributed by atoms with van der Waals surface area (Å²) in [5, 5.41) is 9.75. The van der Waals surface area contributed by atoms with Gasteiger partial charge in [0.05, 0.1) is 0 Å². The smallest absolute Gasteiger partial charge is 0.294 e. The van der Waals surface area contributed by atoms with E-state index in [1.807, 2.05) is 20.8 Å². The number of nitriles is 1. The first-order valence-electron chi connectivity index (χ1n) is 5.41. The number of nitrogens with zero attached hydrogens (tertiary/aromatic N) is 4. The molecule has 0 fully saturated rings. The first-order valence-corrected chi connectivity index (χ1v) is 5.41. The molecule has 1 rings (SSSR count). The van der Waals surface area contributed by atoms with Crippen molar-refractivity contribution in [1.82, 2.24) is 9.97 Å². The van der Waals surface area contributed by atoms with Crippen LogP contribution in [0.15, 0.2) is 6.07 Å². The second-order valence-electron chi connectivity index (χ2n) is 5.23. The van der Waals surface area contributed by atoms with E-state index >= 15 is 0 Å². The third kappa shape index (κ3) is 4.37. The molecule has 0 saturated carbocycles. The largest absolute Gasteiger partial charge is 0.433 e. The van der Waals surface area contributed by atoms with Crippen LogP contribution in [0, 0.1) is 16.7 Å². The fourth-order valence-electron chi connectivity index (χ4n) is 1.37. The molecule has 1 aromatic rings. The van der Waals surface area contributed by atoms with E-state index < -0.39 is 17.7 Å². The van der Waals surface area contributed by atoms with Crippen molar-refractivity contribution in [2.75, 3.05) is 11.6 Å². The van der Waals surface area contributed by atoms with Gasteiger partial charge < -0.3 is 0 Å². The highest BCUT2D eigenvalue weighted by molar-refractivity contribution is 5.40. The number of alkyl halides is 3. The Bertz CT molecular complexity index is 499. The summed E-state index contributed by atoms with van der Waals surface area (Å²) in [5.41, 5.74) is -1.41. The van der Waals surface area contributed by atoms with E-state index in [1.54, 1.807) is 0 Å². The molecule has 0 aliphatic carbocycles. The normalized spacial score (nSPS) is 12.1. The molecule has 0 bridgehead atoms. The van der Waals surface area contributed by atoms with Crippen molar-refractivity contribution in [3.05, 3.63) is 17.6 Å². The molecule has 104 valence electrons. The minimum absolute atomic E-state index is 0.131. The molecule has 19 heavy (non-hydrogen) atoms. The van der Waals surface area contributed by atoms with Crippen molar-refractivity contribution in [1.29, 1.82) is 5.26 Å². The van der Waals surface area contributed by atoms with Gasteiger partial charge in [0.25, 0.3) is 0 Å². The minimum Gasteiger partial charge on any atom is -0.294 e. The van der Waals surface area contributed by atoms with Gasteiger partial charge >= 0.3 is 6.18 Å². The van der Waals surface area contributed by atoms with Gasteiger partial charge in [-0.2, -0.15) is 18.4 Å². The predicted molar refractivity (Wildman–Crippen MR) is 62.7 cm³/mol. The van der Waals surface area contributed by atoms with Crippen LogP contribution in [0.25, 0.3) is 0 Å². The number of aromatic nitrogens is 2. The summed E-state index contributed by atoms with van der Waals surface area (Å²) in [6, 6.07) is 2.22. The molecule has 0 aromatic carbocycles. The molecule has 0 radical (unpaired) electrons. The zero-order valence-corrected chi connectivity index (χ0v) is 10.8. The third-order valence-corrected chi connectivity index (χ3v) is 2.04. The van der Waals surface area contributed by atoms with Crippen molar-refractivity contribution in [3.8, 4) is 6.07 Å². The molecule has 0 amide bonds. The summed E-state index contributed by atoms with van der Waals surface area (Å²) in [6.45, 7) is 5.92. The number of hydrogen-bond acceptors (Lipinski definition) is 5. The lowest BCUT2D eigenvalue weighted by Crippen LogP contribution is -2.39. The van der Waals surface area contributed by atoms with Gasteiger partial charge in [-0.15, -0.1) is 0 Å². The summed E-state index contributed by atoms with van der Waals surface area (Å²) < 4.78 is 37.9. The van der Waals surface area contributed by atoms with Crippen LogP contribution in [0.4, 0.5) is 19.0 Å². The van der Waals surface area contributed by atoms with Crippen LogP contribution < -0.4 is 10.9 Å². The van der Waals surface area contributed by atoms with E-state index in [2.05, 4.69) is 9.97 Å². The van der Waals surface area contributed by atoms with Crippen molar-refractivity contribution in [2.24, 2.45) is 11.3 Å². The fourth-order valence-corrected chi connectivity index (χ4v) is 1.37. The molecule has 0 aliphatic rings. The first-order chi connectivity index (χ1) is 8.53. The molecule has 1 aromatic heterocycles. The Morgan fingerprint density at radius 1 is 1.32 bits per heavy atom. The van der Waals surface area contributed by atoms with Crippen molar-refractivity contribution in [3.63, 3.8) is 0 Å². The topological polar surface area (TPSA) is 78.8 Å². The second kappa shape index (κ2) is 5.01. The molecular formula is C11H14F3N5. The Hall–Kier alpha value is -1.88. The molecule has 0 unspecified atom stereocenters. The van der Waals surface area contributed by atoms with Gasteiger partial charge in [0.1, 0.15) is 11.9 Å². The summed E-state index contributed by atoms with van der Waals surface area (Å²) in [6.07, 6.45) is -4.65. The van der Waals surface area contributed by atoms with E-state index in [1.165, 1.54) is 6.07 Å². The van der Waals surface area contributed by atoms with Gasteiger partial charge in [0.15, 0.2) is 5.69 Å². The van der Waals surface area contributed by atoms with Crippen molar-refractivity contribution < 1.29 is 13.2 Å².